The molecule has 3 aliphatic rings. The Balaban J connectivity index is 1.38. The predicted molar refractivity (Wildman–Crippen MR) is 103 cm³/mol. The molecule has 2 heterocycles. The van der Waals surface area contributed by atoms with Crippen molar-refractivity contribution in [1.82, 2.24) is 5.01 Å². The minimum Gasteiger partial charge on any atom is -0.455 e. The second-order valence-corrected chi connectivity index (χ2v) is 7.76. The van der Waals surface area contributed by atoms with Gasteiger partial charge in [0.2, 0.25) is 0 Å². The lowest BCUT2D eigenvalue weighted by Crippen LogP contribution is -2.28. The Morgan fingerprint density at radius 2 is 1.83 bits per heavy atom. The number of non-ortho nitro benzene ring substituents is 1. The fourth-order valence-electron chi connectivity index (χ4n) is 4.50. The van der Waals surface area contributed by atoms with E-state index in [2.05, 4.69) is 5.10 Å². The predicted octanol–water partition coefficient (Wildman–Crippen LogP) is 3.65. The Morgan fingerprint density at radius 3 is 2.48 bits per heavy atom. The van der Waals surface area contributed by atoms with E-state index in [1.165, 1.54) is 24.4 Å². The molecule has 1 aliphatic heterocycles. The summed E-state index contributed by atoms with van der Waals surface area (Å²) in [4.78, 5) is 35.7. The number of carbonyl (C=O) groups excluding carboxylic acids is 2. The maximum Gasteiger partial charge on any atom is 0.270 e. The van der Waals surface area contributed by atoms with E-state index in [1.807, 2.05) is 12.2 Å². The molecule has 2 amide bonds. The average Bonchev–Trinajstić information content (AvgIpc) is 3.46. The number of nitro groups is 1. The van der Waals surface area contributed by atoms with E-state index >= 15 is 0 Å². The molecule has 1 saturated heterocycles. The highest BCUT2D eigenvalue weighted by Crippen LogP contribution is 2.52. The minimum atomic E-state index is -0.519. The van der Waals surface area contributed by atoms with Crippen LogP contribution in [0.2, 0.25) is 5.02 Å². The Bertz CT molecular complexity index is 1090. The number of halogens is 1. The number of rotatable bonds is 4. The normalized spacial score (nSPS) is 27.4. The van der Waals surface area contributed by atoms with Crippen LogP contribution in [0.1, 0.15) is 12.2 Å². The summed E-state index contributed by atoms with van der Waals surface area (Å²) in [6.45, 7) is 0. The summed E-state index contributed by atoms with van der Waals surface area (Å²) in [6, 6.07) is 7.23. The molecule has 0 N–H and O–H groups in total. The number of nitro benzene ring substituents is 1. The van der Waals surface area contributed by atoms with Gasteiger partial charge in [0, 0.05) is 17.7 Å². The lowest BCUT2D eigenvalue weighted by Gasteiger charge is -2.13. The highest BCUT2D eigenvalue weighted by atomic mass is 35.5. The van der Waals surface area contributed by atoms with Crippen LogP contribution in [0.15, 0.2) is 52.0 Å². The van der Waals surface area contributed by atoms with Gasteiger partial charge in [-0.25, -0.2) is 0 Å². The first-order valence-electron chi connectivity index (χ1n) is 9.08. The van der Waals surface area contributed by atoms with E-state index < -0.39 is 4.92 Å². The van der Waals surface area contributed by atoms with Crippen molar-refractivity contribution in [3.8, 4) is 11.3 Å². The van der Waals surface area contributed by atoms with E-state index in [4.69, 9.17) is 16.0 Å². The van der Waals surface area contributed by atoms with E-state index in [1.54, 1.807) is 12.1 Å². The number of hydrogen-bond acceptors (Lipinski definition) is 6. The molecule has 9 heteroatoms. The summed E-state index contributed by atoms with van der Waals surface area (Å²) in [7, 11) is 0. The van der Waals surface area contributed by atoms with E-state index in [0.717, 1.165) is 11.4 Å². The highest BCUT2D eigenvalue weighted by molar-refractivity contribution is 6.33. The number of carbonyl (C=O) groups is 2. The van der Waals surface area contributed by atoms with Crippen LogP contribution in [0.5, 0.6) is 0 Å². The van der Waals surface area contributed by atoms with Gasteiger partial charge in [0.1, 0.15) is 11.5 Å². The van der Waals surface area contributed by atoms with Crippen molar-refractivity contribution in [3.05, 3.63) is 63.4 Å². The van der Waals surface area contributed by atoms with Crippen LogP contribution in [-0.2, 0) is 9.59 Å². The number of furan rings is 1. The molecule has 1 saturated carbocycles. The second-order valence-electron chi connectivity index (χ2n) is 7.36. The Labute approximate surface area is 169 Å². The van der Waals surface area contributed by atoms with Gasteiger partial charge in [0.15, 0.2) is 0 Å². The monoisotopic (exact) mass is 411 g/mol. The molecule has 1 aromatic carbocycles. The van der Waals surface area contributed by atoms with Crippen LogP contribution in [-0.4, -0.2) is 28.0 Å². The van der Waals surface area contributed by atoms with Gasteiger partial charge in [-0.3, -0.25) is 19.7 Å². The third-order valence-electron chi connectivity index (χ3n) is 5.80. The first kappa shape index (κ1) is 17.8. The summed E-state index contributed by atoms with van der Waals surface area (Å²) < 4.78 is 5.65. The summed E-state index contributed by atoms with van der Waals surface area (Å²) in [6.07, 6.45) is 6.19. The molecule has 5 rings (SSSR count). The third-order valence-corrected chi connectivity index (χ3v) is 6.13. The zero-order valence-corrected chi connectivity index (χ0v) is 15.7. The van der Waals surface area contributed by atoms with Gasteiger partial charge in [0.05, 0.1) is 28.0 Å². The van der Waals surface area contributed by atoms with Crippen LogP contribution in [0.3, 0.4) is 0 Å². The molecule has 2 aromatic rings. The second kappa shape index (κ2) is 6.38. The number of amides is 2. The Morgan fingerprint density at radius 1 is 1.14 bits per heavy atom. The average molecular weight is 412 g/mol. The highest BCUT2D eigenvalue weighted by Gasteiger charge is 2.59. The molecule has 8 nitrogen and oxygen atoms in total. The summed E-state index contributed by atoms with van der Waals surface area (Å²) in [5.41, 5.74) is 0.255. The van der Waals surface area contributed by atoms with Gasteiger partial charge in [-0.15, -0.1) is 0 Å². The smallest absolute Gasteiger partial charge is 0.270 e. The van der Waals surface area contributed by atoms with Crippen LogP contribution in [0, 0.1) is 33.8 Å². The molecule has 0 unspecified atom stereocenters. The first-order valence-corrected chi connectivity index (χ1v) is 9.46. The molecular formula is C20H14ClN3O5. The van der Waals surface area contributed by atoms with Crippen molar-refractivity contribution < 1.29 is 18.9 Å². The molecule has 0 spiro atoms. The Kier molecular flexibility index (Phi) is 3.92. The SMILES string of the molecule is O=C1[C@@H]2[C@@H](C(=O)N1/N=C\c1ccc(-c3cc([N+](=O)[O-])ccc3Cl)o1)[C@H]1C=C[C@H]2C1. The van der Waals surface area contributed by atoms with Crippen LogP contribution < -0.4 is 0 Å². The van der Waals surface area contributed by atoms with Crippen molar-refractivity contribution in [2.75, 3.05) is 0 Å². The molecule has 29 heavy (non-hydrogen) atoms. The fraction of sp³-hybridized carbons (Fsp3) is 0.250. The molecule has 146 valence electrons. The van der Waals surface area contributed by atoms with Gasteiger partial charge in [-0.2, -0.15) is 10.1 Å². The summed E-state index contributed by atoms with van der Waals surface area (Å²) in [5, 5.41) is 16.3. The standard InChI is InChI=1S/C20H14ClN3O5/c21-15-5-3-12(24(27)28)8-14(15)16-6-4-13(29-16)9-22-23-19(25)17-10-1-2-11(7-10)18(17)20(23)26/h1-6,8-11,17-18H,7H2/b22-9-/t10-,11-,17-,18-/m0/s1. The quantitative estimate of drug-likeness (QED) is 0.251. The van der Waals surface area contributed by atoms with Crippen LogP contribution in [0.4, 0.5) is 5.69 Å². The minimum absolute atomic E-state index is 0.112. The fourth-order valence-corrected chi connectivity index (χ4v) is 4.71. The maximum atomic E-state index is 12.6. The first-order chi connectivity index (χ1) is 13.9. The molecule has 2 bridgehead atoms. The third kappa shape index (κ3) is 2.71. The van der Waals surface area contributed by atoms with E-state index in [-0.39, 0.29) is 41.2 Å². The van der Waals surface area contributed by atoms with Gasteiger partial charge < -0.3 is 4.42 Å². The Hall–Kier alpha value is -3.26. The van der Waals surface area contributed by atoms with Crippen molar-refractivity contribution in [1.29, 1.82) is 0 Å². The van der Waals surface area contributed by atoms with Gasteiger partial charge in [-0.1, -0.05) is 23.8 Å². The summed E-state index contributed by atoms with van der Waals surface area (Å²) in [5.74, 6) is -0.334. The number of hydrogen-bond donors (Lipinski definition) is 0. The van der Waals surface area contributed by atoms with E-state index in [0.29, 0.717) is 22.1 Å². The molecule has 0 radical (unpaired) electrons. The van der Waals surface area contributed by atoms with Crippen molar-refractivity contribution >= 4 is 35.3 Å². The number of benzene rings is 1. The molecular weight excluding hydrogens is 398 g/mol. The van der Waals surface area contributed by atoms with Crippen LogP contribution >= 0.6 is 11.6 Å². The van der Waals surface area contributed by atoms with Crippen LogP contribution in [0.25, 0.3) is 11.3 Å². The largest absolute Gasteiger partial charge is 0.455 e. The number of fused-ring (bicyclic) bond motifs is 5. The number of imide groups is 1. The van der Waals surface area contributed by atoms with Crippen molar-refractivity contribution in [2.24, 2.45) is 28.8 Å². The molecule has 2 fully saturated rings. The van der Waals surface area contributed by atoms with Gasteiger partial charge >= 0.3 is 0 Å². The lowest BCUT2D eigenvalue weighted by molar-refractivity contribution is -0.384. The molecule has 4 atom stereocenters. The zero-order valence-electron chi connectivity index (χ0n) is 14.9. The van der Waals surface area contributed by atoms with Crippen molar-refractivity contribution in [3.63, 3.8) is 0 Å². The van der Waals surface area contributed by atoms with E-state index in [9.17, 15) is 19.7 Å². The summed E-state index contributed by atoms with van der Waals surface area (Å²) >= 11 is 6.13. The number of hydrazone groups is 1. The molecule has 2 aliphatic carbocycles. The zero-order chi connectivity index (χ0) is 20.3. The topological polar surface area (TPSA) is 106 Å². The maximum absolute atomic E-state index is 12.6. The number of allylic oxidation sites excluding steroid dienone is 2. The molecule has 1 aromatic heterocycles. The van der Waals surface area contributed by atoms with Crippen molar-refractivity contribution in [2.45, 2.75) is 6.42 Å². The van der Waals surface area contributed by atoms with Gasteiger partial charge in [0.25, 0.3) is 17.5 Å². The lowest BCUT2D eigenvalue weighted by atomic mass is 9.85. The van der Waals surface area contributed by atoms with Gasteiger partial charge in [-0.05, 0) is 36.5 Å². The number of nitrogens with zero attached hydrogens (tertiary/aromatic N) is 3.